The van der Waals surface area contributed by atoms with Crippen LogP contribution in [0.1, 0.15) is 36.5 Å². The van der Waals surface area contributed by atoms with Gasteiger partial charge in [-0.25, -0.2) is 9.97 Å². The molecule has 1 atom stereocenters. The summed E-state index contributed by atoms with van der Waals surface area (Å²) in [7, 11) is 0. The first-order chi connectivity index (χ1) is 9.22. The molecule has 1 aromatic rings. The number of hydrogen-bond donors (Lipinski definition) is 1. The van der Waals surface area contributed by atoms with Gasteiger partial charge in [0.2, 0.25) is 0 Å². The van der Waals surface area contributed by atoms with Crippen LogP contribution in [0.4, 0.5) is 5.82 Å². The van der Waals surface area contributed by atoms with Crippen LogP contribution < -0.4 is 5.32 Å². The molecule has 1 unspecified atom stereocenters. The summed E-state index contributed by atoms with van der Waals surface area (Å²) in [5.41, 5.74) is 0.329. The lowest BCUT2D eigenvalue weighted by molar-refractivity contribution is 0.112. The summed E-state index contributed by atoms with van der Waals surface area (Å²) < 4.78 is 0. The maximum atomic E-state index is 11.0. The van der Waals surface area contributed by atoms with E-state index in [4.69, 9.17) is 11.6 Å². The molecular weight excluding hydrogens is 264 g/mol. The maximum absolute atomic E-state index is 11.0. The van der Waals surface area contributed by atoms with Gasteiger partial charge in [0, 0.05) is 12.6 Å². The molecule has 1 aliphatic heterocycles. The quantitative estimate of drug-likeness (QED) is 0.663. The summed E-state index contributed by atoms with van der Waals surface area (Å²) >= 11 is 5.86. The molecule has 2 rings (SSSR count). The van der Waals surface area contributed by atoms with Crippen LogP contribution in [0.3, 0.4) is 0 Å². The second kappa shape index (κ2) is 6.82. The van der Waals surface area contributed by atoms with E-state index in [1.165, 1.54) is 25.6 Å². The zero-order valence-electron chi connectivity index (χ0n) is 11.1. The van der Waals surface area contributed by atoms with Gasteiger partial charge in [-0.3, -0.25) is 9.69 Å². The second-order valence-electron chi connectivity index (χ2n) is 4.87. The van der Waals surface area contributed by atoms with Gasteiger partial charge in [0.15, 0.2) is 6.29 Å². The lowest BCUT2D eigenvalue weighted by Gasteiger charge is -2.32. The number of halogens is 1. The van der Waals surface area contributed by atoms with E-state index in [-0.39, 0.29) is 5.15 Å². The fourth-order valence-electron chi connectivity index (χ4n) is 2.35. The molecule has 1 N–H and O–H groups in total. The second-order valence-corrected chi connectivity index (χ2v) is 5.23. The number of nitrogens with zero attached hydrogens (tertiary/aromatic N) is 3. The summed E-state index contributed by atoms with van der Waals surface area (Å²) in [4.78, 5) is 21.3. The Morgan fingerprint density at radius 3 is 2.84 bits per heavy atom. The van der Waals surface area contributed by atoms with E-state index >= 15 is 0 Å². The minimum Gasteiger partial charge on any atom is -0.368 e. The molecule has 0 spiro atoms. The molecular formula is C13H19ClN4O. The number of carbonyl (C=O) groups excluding carboxylic acids is 1. The van der Waals surface area contributed by atoms with Gasteiger partial charge >= 0.3 is 0 Å². The van der Waals surface area contributed by atoms with Crippen molar-refractivity contribution in [2.75, 3.05) is 25.0 Å². The van der Waals surface area contributed by atoms with Crippen molar-refractivity contribution in [3.8, 4) is 0 Å². The highest BCUT2D eigenvalue weighted by Gasteiger charge is 2.17. The predicted octanol–water partition coefficient (Wildman–Crippen LogP) is 2.23. The first kappa shape index (κ1) is 14.2. The van der Waals surface area contributed by atoms with E-state index in [0.29, 0.717) is 23.7 Å². The van der Waals surface area contributed by atoms with E-state index in [9.17, 15) is 4.79 Å². The molecule has 1 aromatic heterocycles. The van der Waals surface area contributed by atoms with Crippen LogP contribution in [-0.4, -0.2) is 46.8 Å². The third kappa shape index (κ3) is 3.64. The number of rotatable bonds is 5. The van der Waals surface area contributed by atoms with Crippen molar-refractivity contribution in [1.29, 1.82) is 0 Å². The zero-order valence-corrected chi connectivity index (χ0v) is 11.9. The summed E-state index contributed by atoms with van der Waals surface area (Å²) in [6, 6.07) is 0.411. The van der Waals surface area contributed by atoms with E-state index in [1.54, 1.807) is 0 Å². The molecule has 104 valence electrons. The molecule has 0 aliphatic carbocycles. The number of piperidine rings is 1. The number of carbonyl (C=O) groups is 1. The van der Waals surface area contributed by atoms with Crippen LogP contribution in [-0.2, 0) is 0 Å². The van der Waals surface area contributed by atoms with Gasteiger partial charge in [0.25, 0.3) is 0 Å². The summed E-state index contributed by atoms with van der Waals surface area (Å²) in [6.07, 6.45) is 5.92. The summed E-state index contributed by atoms with van der Waals surface area (Å²) in [5, 5.41) is 3.39. The Kier molecular flexibility index (Phi) is 5.10. The Bertz CT molecular complexity index is 435. The average Bonchev–Trinajstić information content (AvgIpc) is 2.45. The van der Waals surface area contributed by atoms with E-state index < -0.39 is 0 Å². The standard InChI is InChI=1S/C13H19ClN4O/c1-10(18-5-3-2-4-6-18)7-15-13-11(8-19)12(14)16-9-17-13/h8-10H,2-7H2,1H3,(H,15,16,17). The largest absolute Gasteiger partial charge is 0.368 e. The highest BCUT2D eigenvalue weighted by atomic mass is 35.5. The summed E-state index contributed by atoms with van der Waals surface area (Å²) in [6.45, 7) is 5.22. The summed E-state index contributed by atoms with van der Waals surface area (Å²) in [5.74, 6) is 0.513. The topological polar surface area (TPSA) is 58.1 Å². The van der Waals surface area contributed by atoms with Crippen LogP contribution >= 0.6 is 11.6 Å². The number of hydrogen-bond acceptors (Lipinski definition) is 5. The van der Waals surface area contributed by atoms with Crippen LogP contribution in [0.5, 0.6) is 0 Å². The molecule has 0 amide bonds. The van der Waals surface area contributed by atoms with Gasteiger partial charge in [-0.2, -0.15) is 0 Å². The van der Waals surface area contributed by atoms with Gasteiger partial charge in [0.1, 0.15) is 17.3 Å². The predicted molar refractivity (Wildman–Crippen MR) is 75.8 cm³/mol. The van der Waals surface area contributed by atoms with E-state index in [1.807, 2.05) is 0 Å². The SMILES string of the molecule is CC(CNc1ncnc(Cl)c1C=O)N1CCCCC1. The molecule has 19 heavy (non-hydrogen) atoms. The Labute approximate surface area is 118 Å². The molecule has 0 aromatic carbocycles. The Morgan fingerprint density at radius 1 is 1.42 bits per heavy atom. The molecule has 1 fully saturated rings. The van der Waals surface area contributed by atoms with Gasteiger partial charge in [-0.05, 0) is 32.9 Å². The molecule has 2 heterocycles. The minimum atomic E-state index is 0.193. The van der Waals surface area contributed by atoms with Crippen molar-refractivity contribution in [2.24, 2.45) is 0 Å². The third-order valence-electron chi connectivity index (χ3n) is 3.53. The molecule has 0 radical (unpaired) electrons. The highest BCUT2D eigenvalue weighted by Crippen LogP contribution is 2.18. The highest BCUT2D eigenvalue weighted by molar-refractivity contribution is 6.32. The number of nitrogens with one attached hydrogen (secondary N) is 1. The lowest BCUT2D eigenvalue weighted by Crippen LogP contribution is -2.41. The van der Waals surface area contributed by atoms with Crippen molar-refractivity contribution in [3.05, 3.63) is 17.0 Å². The van der Waals surface area contributed by atoms with E-state index in [2.05, 4.69) is 27.1 Å². The van der Waals surface area contributed by atoms with Crippen molar-refractivity contribution < 1.29 is 4.79 Å². The fraction of sp³-hybridized carbons (Fsp3) is 0.615. The molecule has 1 aliphatic rings. The zero-order chi connectivity index (χ0) is 13.7. The van der Waals surface area contributed by atoms with Crippen molar-refractivity contribution >= 4 is 23.7 Å². The Hall–Kier alpha value is -1.20. The monoisotopic (exact) mass is 282 g/mol. The number of aldehydes is 1. The van der Waals surface area contributed by atoms with Gasteiger partial charge in [0.05, 0.1) is 5.56 Å². The average molecular weight is 283 g/mol. The van der Waals surface area contributed by atoms with Crippen LogP contribution in [0.15, 0.2) is 6.33 Å². The Balaban J connectivity index is 1.94. The molecule has 6 heteroatoms. The Morgan fingerprint density at radius 2 is 2.16 bits per heavy atom. The lowest BCUT2D eigenvalue weighted by atomic mass is 10.1. The normalized spacial score (nSPS) is 18.0. The van der Waals surface area contributed by atoms with Crippen molar-refractivity contribution in [1.82, 2.24) is 14.9 Å². The van der Waals surface area contributed by atoms with Crippen molar-refractivity contribution in [2.45, 2.75) is 32.2 Å². The minimum absolute atomic E-state index is 0.193. The first-order valence-corrected chi connectivity index (χ1v) is 7.03. The smallest absolute Gasteiger partial charge is 0.156 e. The van der Waals surface area contributed by atoms with Crippen LogP contribution in [0.2, 0.25) is 5.15 Å². The number of anilines is 1. The number of aromatic nitrogens is 2. The number of likely N-dealkylation sites (tertiary alicyclic amines) is 1. The molecule has 0 bridgehead atoms. The van der Waals surface area contributed by atoms with Gasteiger partial charge in [-0.15, -0.1) is 0 Å². The molecule has 1 saturated heterocycles. The van der Waals surface area contributed by atoms with Crippen LogP contribution in [0, 0.1) is 0 Å². The molecule has 5 nitrogen and oxygen atoms in total. The van der Waals surface area contributed by atoms with Gasteiger partial charge < -0.3 is 5.32 Å². The van der Waals surface area contributed by atoms with Gasteiger partial charge in [-0.1, -0.05) is 18.0 Å². The fourth-order valence-corrected chi connectivity index (χ4v) is 2.53. The molecule has 0 saturated carbocycles. The van der Waals surface area contributed by atoms with Crippen molar-refractivity contribution in [3.63, 3.8) is 0 Å². The third-order valence-corrected chi connectivity index (χ3v) is 3.83. The first-order valence-electron chi connectivity index (χ1n) is 6.66. The van der Waals surface area contributed by atoms with Crippen LogP contribution in [0.25, 0.3) is 0 Å². The maximum Gasteiger partial charge on any atom is 0.156 e. The van der Waals surface area contributed by atoms with E-state index in [0.717, 1.165) is 19.6 Å².